The van der Waals surface area contributed by atoms with Gasteiger partial charge in [0.1, 0.15) is 12.1 Å². The molecule has 0 amide bonds. The number of hydrogen-bond acceptors (Lipinski definition) is 4. The highest BCUT2D eigenvalue weighted by molar-refractivity contribution is 5.27. The van der Waals surface area contributed by atoms with E-state index in [2.05, 4.69) is 9.97 Å². The Bertz CT molecular complexity index is 554. The van der Waals surface area contributed by atoms with Gasteiger partial charge in [0.05, 0.1) is 7.11 Å². The summed E-state index contributed by atoms with van der Waals surface area (Å²) in [5.41, 5.74) is 8.47. The van der Waals surface area contributed by atoms with Crippen LogP contribution < -0.4 is 10.5 Å². The number of rotatable bonds is 4. The number of aromatic nitrogens is 2. The first-order chi connectivity index (χ1) is 9.08. The number of hydrogen-bond donors (Lipinski definition) is 1. The van der Waals surface area contributed by atoms with Gasteiger partial charge in [0.15, 0.2) is 0 Å². The summed E-state index contributed by atoms with van der Waals surface area (Å²) in [6.07, 6.45) is 1.93. The molecule has 2 N–H and O–H groups in total. The zero-order valence-electron chi connectivity index (χ0n) is 10.9. The molecule has 1 unspecified atom stereocenters. The normalized spacial score (nSPS) is 12.2. The Morgan fingerprint density at radius 3 is 2.74 bits per heavy atom. The Morgan fingerprint density at radius 1 is 1.26 bits per heavy atom. The molecule has 0 aliphatic heterocycles. The van der Waals surface area contributed by atoms with E-state index < -0.39 is 0 Å². The maximum Gasteiger partial charge on any atom is 0.216 e. The van der Waals surface area contributed by atoms with Gasteiger partial charge in [-0.05, 0) is 30.2 Å². The summed E-state index contributed by atoms with van der Waals surface area (Å²) in [6.45, 7) is 1.84. The van der Waals surface area contributed by atoms with E-state index in [-0.39, 0.29) is 11.9 Å². The van der Waals surface area contributed by atoms with E-state index >= 15 is 0 Å². The van der Waals surface area contributed by atoms with Crippen LogP contribution in [0.1, 0.15) is 22.9 Å². The lowest BCUT2D eigenvalue weighted by molar-refractivity contribution is 0.395. The minimum Gasteiger partial charge on any atom is -0.481 e. The first kappa shape index (κ1) is 13.4. The number of nitrogens with two attached hydrogens (primary N) is 1. The monoisotopic (exact) mass is 261 g/mol. The summed E-state index contributed by atoms with van der Waals surface area (Å²) in [4.78, 5) is 8.06. The second-order valence-corrected chi connectivity index (χ2v) is 4.42. The third-order valence-electron chi connectivity index (χ3n) is 2.83. The zero-order valence-corrected chi connectivity index (χ0v) is 10.9. The van der Waals surface area contributed by atoms with Crippen LogP contribution in [0.25, 0.3) is 0 Å². The van der Waals surface area contributed by atoms with Gasteiger partial charge in [-0.25, -0.2) is 14.4 Å². The molecule has 0 aliphatic carbocycles. The van der Waals surface area contributed by atoms with Gasteiger partial charge in [0, 0.05) is 24.2 Å². The van der Waals surface area contributed by atoms with Crippen LogP contribution in [0.3, 0.4) is 0 Å². The van der Waals surface area contributed by atoms with Crippen LogP contribution in [0.4, 0.5) is 4.39 Å². The quantitative estimate of drug-likeness (QED) is 0.916. The van der Waals surface area contributed by atoms with E-state index in [0.717, 1.165) is 16.8 Å². The number of benzene rings is 1. The average molecular weight is 261 g/mol. The van der Waals surface area contributed by atoms with Crippen LogP contribution in [0.2, 0.25) is 0 Å². The van der Waals surface area contributed by atoms with Crippen molar-refractivity contribution < 1.29 is 9.13 Å². The molecule has 19 heavy (non-hydrogen) atoms. The third-order valence-corrected chi connectivity index (χ3v) is 2.83. The minimum absolute atomic E-state index is 0.272. The predicted molar refractivity (Wildman–Crippen MR) is 70.4 cm³/mol. The van der Waals surface area contributed by atoms with Gasteiger partial charge in [-0.2, -0.15) is 0 Å². The van der Waals surface area contributed by atoms with Gasteiger partial charge >= 0.3 is 0 Å². The Labute approximate surface area is 111 Å². The van der Waals surface area contributed by atoms with Crippen LogP contribution >= 0.6 is 0 Å². The topological polar surface area (TPSA) is 61.0 Å². The van der Waals surface area contributed by atoms with Crippen molar-refractivity contribution in [1.29, 1.82) is 0 Å². The summed E-state index contributed by atoms with van der Waals surface area (Å²) in [7, 11) is 1.54. The van der Waals surface area contributed by atoms with Crippen molar-refractivity contribution in [1.82, 2.24) is 9.97 Å². The van der Waals surface area contributed by atoms with Gasteiger partial charge in [-0.15, -0.1) is 0 Å². The molecular weight excluding hydrogens is 245 g/mol. The molecule has 2 rings (SSSR count). The molecule has 0 aliphatic rings. The van der Waals surface area contributed by atoms with E-state index in [4.69, 9.17) is 10.5 Å². The van der Waals surface area contributed by atoms with Gasteiger partial charge < -0.3 is 10.5 Å². The fourth-order valence-corrected chi connectivity index (χ4v) is 1.92. The van der Waals surface area contributed by atoms with E-state index in [0.29, 0.717) is 12.3 Å². The molecule has 0 saturated heterocycles. The van der Waals surface area contributed by atoms with Crippen LogP contribution in [-0.4, -0.2) is 17.1 Å². The molecule has 2 aromatic rings. The van der Waals surface area contributed by atoms with E-state index in [9.17, 15) is 4.39 Å². The summed E-state index contributed by atoms with van der Waals surface area (Å²) < 4.78 is 18.4. The fraction of sp³-hybridized carbons (Fsp3) is 0.286. The first-order valence-corrected chi connectivity index (χ1v) is 5.96. The number of nitrogens with zero attached hydrogens (tertiary/aromatic N) is 2. The highest BCUT2D eigenvalue weighted by Gasteiger charge is 2.10. The van der Waals surface area contributed by atoms with Crippen LogP contribution in [0.15, 0.2) is 30.6 Å². The zero-order chi connectivity index (χ0) is 13.8. The smallest absolute Gasteiger partial charge is 0.216 e. The van der Waals surface area contributed by atoms with E-state index in [1.165, 1.54) is 18.5 Å². The van der Waals surface area contributed by atoms with Crippen molar-refractivity contribution in [2.75, 3.05) is 7.11 Å². The maximum atomic E-state index is 13.3. The van der Waals surface area contributed by atoms with Crippen LogP contribution in [0, 0.1) is 12.7 Å². The predicted octanol–water partition coefficient (Wildman–Crippen LogP) is 2.18. The van der Waals surface area contributed by atoms with Crippen molar-refractivity contribution in [3.05, 3.63) is 53.2 Å². The average Bonchev–Trinajstić information content (AvgIpc) is 2.37. The Balaban J connectivity index is 2.17. The molecule has 0 bridgehead atoms. The number of aryl methyl sites for hydroxylation is 1. The van der Waals surface area contributed by atoms with Gasteiger partial charge in [0.2, 0.25) is 5.88 Å². The molecule has 1 atom stereocenters. The molecule has 0 fully saturated rings. The standard InChI is InChI=1S/C14H16FN3O/c1-9-3-10(5-11(15)4-9)13(16)6-12-7-14(19-2)18-8-17-12/h3-5,7-8,13H,6,16H2,1-2H3. The lowest BCUT2D eigenvalue weighted by Crippen LogP contribution is -2.14. The molecule has 5 heteroatoms. The van der Waals surface area contributed by atoms with Gasteiger partial charge in [-0.3, -0.25) is 0 Å². The van der Waals surface area contributed by atoms with E-state index in [1.807, 2.05) is 13.0 Å². The fourth-order valence-electron chi connectivity index (χ4n) is 1.92. The summed E-state index contributed by atoms with van der Waals surface area (Å²) in [6, 6.07) is 6.23. The lowest BCUT2D eigenvalue weighted by atomic mass is 10.0. The molecule has 0 saturated carbocycles. The molecular formula is C14H16FN3O. The lowest BCUT2D eigenvalue weighted by Gasteiger charge is -2.13. The van der Waals surface area contributed by atoms with Gasteiger partial charge in [-0.1, -0.05) is 6.07 Å². The number of methoxy groups -OCH3 is 1. The molecule has 1 heterocycles. The second kappa shape index (κ2) is 5.75. The van der Waals surface area contributed by atoms with Crippen LogP contribution in [0.5, 0.6) is 5.88 Å². The summed E-state index contributed by atoms with van der Waals surface area (Å²) in [5.74, 6) is 0.221. The summed E-state index contributed by atoms with van der Waals surface area (Å²) >= 11 is 0. The Kier molecular flexibility index (Phi) is 4.06. The Morgan fingerprint density at radius 2 is 2.05 bits per heavy atom. The van der Waals surface area contributed by atoms with E-state index in [1.54, 1.807) is 13.2 Å². The maximum absolute atomic E-state index is 13.3. The molecule has 0 spiro atoms. The first-order valence-electron chi connectivity index (χ1n) is 5.96. The SMILES string of the molecule is COc1cc(CC(N)c2cc(C)cc(F)c2)ncn1. The van der Waals surface area contributed by atoms with Crippen molar-refractivity contribution >= 4 is 0 Å². The number of ether oxygens (including phenoxy) is 1. The minimum atomic E-state index is -0.311. The van der Waals surface area contributed by atoms with Gasteiger partial charge in [0.25, 0.3) is 0 Å². The Hall–Kier alpha value is -2.01. The highest BCUT2D eigenvalue weighted by atomic mass is 19.1. The molecule has 1 aromatic heterocycles. The molecule has 0 radical (unpaired) electrons. The van der Waals surface area contributed by atoms with Crippen molar-refractivity contribution in [3.8, 4) is 5.88 Å². The molecule has 100 valence electrons. The third kappa shape index (κ3) is 3.48. The second-order valence-electron chi connectivity index (χ2n) is 4.42. The highest BCUT2D eigenvalue weighted by Crippen LogP contribution is 2.19. The molecule has 4 nitrogen and oxygen atoms in total. The largest absolute Gasteiger partial charge is 0.481 e. The molecule has 1 aromatic carbocycles. The number of halogens is 1. The summed E-state index contributed by atoms with van der Waals surface area (Å²) in [5, 5.41) is 0. The van der Waals surface area contributed by atoms with Crippen molar-refractivity contribution in [2.24, 2.45) is 5.73 Å². The van der Waals surface area contributed by atoms with Crippen molar-refractivity contribution in [3.63, 3.8) is 0 Å². The van der Waals surface area contributed by atoms with Crippen LogP contribution in [-0.2, 0) is 6.42 Å². The van der Waals surface area contributed by atoms with Crippen molar-refractivity contribution in [2.45, 2.75) is 19.4 Å².